The van der Waals surface area contributed by atoms with Gasteiger partial charge in [0, 0.05) is 0 Å². The minimum atomic E-state index is -0.187. The van der Waals surface area contributed by atoms with Gasteiger partial charge in [-0.15, -0.1) is 6.58 Å². The molecule has 0 saturated heterocycles. The largest absolute Gasteiger partial charge is 0.207 e. The molecule has 0 spiro atoms. The number of benzene rings is 1. The van der Waals surface area contributed by atoms with Crippen LogP contribution in [0.3, 0.4) is 0 Å². The Morgan fingerprint density at radius 1 is 1.07 bits per heavy atom. The lowest BCUT2D eigenvalue weighted by Crippen LogP contribution is -1.79. The van der Waals surface area contributed by atoms with Crippen molar-refractivity contribution in [1.29, 1.82) is 0 Å². The Hall–Kier alpha value is -1.11. The summed E-state index contributed by atoms with van der Waals surface area (Å²) in [5.41, 5.74) is 1.09. The second-order valence-electron chi connectivity index (χ2n) is 2.12. The first-order chi connectivity index (χ1) is 6.83. The van der Waals surface area contributed by atoms with Crippen molar-refractivity contribution in [2.45, 2.75) is 34.1 Å². The molecule has 80 valence electrons. The van der Waals surface area contributed by atoms with Crippen molar-refractivity contribution in [3.05, 3.63) is 48.3 Å². The third kappa shape index (κ3) is 7.53. The summed E-state index contributed by atoms with van der Waals surface area (Å²) in [6.45, 7) is 11.6. The Morgan fingerprint density at radius 2 is 1.50 bits per heavy atom. The van der Waals surface area contributed by atoms with E-state index in [9.17, 15) is 4.39 Å². The first-order valence-electron chi connectivity index (χ1n) is 5.18. The lowest BCUT2D eigenvalue weighted by atomic mass is 10.1. The molecular formula is C13H21F. The van der Waals surface area contributed by atoms with E-state index in [0.717, 1.165) is 12.0 Å². The highest BCUT2D eigenvalue weighted by molar-refractivity contribution is 5.17. The lowest BCUT2D eigenvalue weighted by Gasteiger charge is -1.93. The highest BCUT2D eigenvalue weighted by Crippen LogP contribution is 2.02. The van der Waals surface area contributed by atoms with E-state index >= 15 is 0 Å². The van der Waals surface area contributed by atoms with Crippen LogP contribution in [0.25, 0.3) is 0 Å². The van der Waals surface area contributed by atoms with Crippen molar-refractivity contribution < 1.29 is 4.39 Å². The molecule has 0 saturated carbocycles. The van der Waals surface area contributed by atoms with Gasteiger partial charge in [-0.1, -0.05) is 45.9 Å². The van der Waals surface area contributed by atoms with Gasteiger partial charge in [0.1, 0.15) is 5.82 Å². The molecule has 1 aromatic carbocycles. The Labute approximate surface area is 87.5 Å². The molecule has 0 N–H and O–H groups in total. The molecular weight excluding hydrogens is 175 g/mol. The molecule has 1 heteroatoms. The monoisotopic (exact) mass is 196 g/mol. The van der Waals surface area contributed by atoms with Gasteiger partial charge in [0.25, 0.3) is 0 Å². The standard InChI is InChI=1S/C9H9F.2C2H6/c1-2-3-8-4-6-9(10)7-5-8;2*1-2/h2,4-7H,1,3H2;2*1-2H3. The first kappa shape index (κ1) is 15.4. The van der Waals surface area contributed by atoms with E-state index in [1.807, 2.05) is 27.7 Å². The van der Waals surface area contributed by atoms with E-state index in [2.05, 4.69) is 6.58 Å². The van der Waals surface area contributed by atoms with Crippen LogP contribution >= 0.6 is 0 Å². The average Bonchev–Trinajstić information content (AvgIpc) is 2.28. The SMILES string of the molecule is C=CCc1ccc(F)cc1.CC.CC. The van der Waals surface area contributed by atoms with Crippen LogP contribution in [-0.2, 0) is 6.42 Å². The van der Waals surface area contributed by atoms with Gasteiger partial charge < -0.3 is 0 Å². The summed E-state index contributed by atoms with van der Waals surface area (Å²) < 4.78 is 12.3. The molecule has 14 heavy (non-hydrogen) atoms. The second kappa shape index (κ2) is 11.9. The second-order valence-corrected chi connectivity index (χ2v) is 2.12. The van der Waals surface area contributed by atoms with Gasteiger partial charge in [-0.3, -0.25) is 0 Å². The van der Waals surface area contributed by atoms with Crippen LogP contribution in [0.5, 0.6) is 0 Å². The van der Waals surface area contributed by atoms with Crippen LogP contribution in [0, 0.1) is 5.82 Å². The Kier molecular flexibility index (Phi) is 13.1. The molecule has 0 radical (unpaired) electrons. The van der Waals surface area contributed by atoms with Crippen LogP contribution in [0.2, 0.25) is 0 Å². The Bertz CT molecular complexity index is 211. The van der Waals surface area contributed by atoms with Gasteiger partial charge in [0.15, 0.2) is 0 Å². The smallest absolute Gasteiger partial charge is 0.123 e. The van der Waals surface area contributed by atoms with Gasteiger partial charge in [-0.05, 0) is 24.1 Å². The number of hydrogen-bond acceptors (Lipinski definition) is 0. The summed E-state index contributed by atoms with van der Waals surface area (Å²) in [6.07, 6.45) is 2.60. The van der Waals surface area contributed by atoms with Gasteiger partial charge in [0.2, 0.25) is 0 Å². The van der Waals surface area contributed by atoms with E-state index in [4.69, 9.17) is 0 Å². The number of rotatable bonds is 2. The van der Waals surface area contributed by atoms with Crippen molar-refractivity contribution >= 4 is 0 Å². The fraction of sp³-hybridized carbons (Fsp3) is 0.385. The molecule has 0 aliphatic heterocycles. The van der Waals surface area contributed by atoms with Crippen LogP contribution in [-0.4, -0.2) is 0 Å². The Morgan fingerprint density at radius 3 is 1.86 bits per heavy atom. The molecule has 0 aliphatic rings. The van der Waals surface area contributed by atoms with Crippen LogP contribution in [0.15, 0.2) is 36.9 Å². The zero-order chi connectivity index (χ0) is 11.4. The first-order valence-corrected chi connectivity index (χ1v) is 5.18. The summed E-state index contributed by atoms with van der Waals surface area (Å²) in [4.78, 5) is 0. The lowest BCUT2D eigenvalue weighted by molar-refractivity contribution is 0.627. The molecule has 0 nitrogen and oxygen atoms in total. The summed E-state index contributed by atoms with van der Waals surface area (Å²) in [6, 6.07) is 6.44. The van der Waals surface area contributed by atoms with Gasteiger partial charge in [-0.25, -0.2) is 4.39 Å². The molecule has 0 atom stereocenters. The number of hydrogen-bond donors (Lipinski definition) is 0. The van der Waals surface area contributed by atoms with Crippen molar-refractivity contribution in [2.75, 3.05) is 0 Å². The van der Waals surface area contributed by atoms with E-state index < -0.39 is 0 Å². The normalized spacial score (nSPS) is 7.50. The predicted molar refractivity (Wildman–Crippen MR) is 63.0 cm³/mol. The minimum Gasteiger partial charge on any atom is -0.207 e. The van der Waals surface area contributed by atoms with Crippen molar-refractivity contribution in [1.82, 2.24) is 0 Å². The molecule has 1 rings (SSSR count). The van der Waals surface area contributed by atoms with Crippen LogP contribution in [0.4, 0.5) is 4.39 Å². The molecule has 0 fully saturated rings. The molecule has 0 amide bonds. The van der Waals surface area contributed by atoms with Crippen molar-refractivity contribution in [3.8, 4) is 0 Å². The van der Waals surface area contributed by atoms with Crippen LogP contribution < -0.4 is 0 Å². The van der Waals surface area contributed by atoms with Crippen molar-refractivity contribution in [3.63, 3.8) is 0 Å². The fourth-order valence-electron chi connectivity index (χ4n) is 0.787. The maximum atomic E-state index is 12.3. The predicted octanol–water partition coefficient (Wildman–Crippen LogP) is 4.61. The van der Waals surface area contributed by atoms with Gasteiger partial charge >= 0.3 is 0 Å². The van der Waals surface area contributed by atoms with Crippen LogP contribution in [0.1, 0.15) is 33.3 Å². The van der Waals surface area contributed by atoms with E-state index in [1.54, 1.807) is 18.2 Å². The maximum absolute atomic E-state index is 12.3. The zero-order valence-electron chi connectivity index (χ0n) is 9.68. The van der Waals surface area contributed by atoms with E-state index in [1.165, 1.54) is 12.1 Å². The molecule has 0 bridgehead atoms. The average molecular weight is 196 g/mol. The number of allylic oxidation sites excluding steroid dienone is 1. The quantitative estimate of drug-likeness (QED) is 0.606. The van der Waals surface area contributed by atoms with Gasteiger partial charge in [0.05, 0.1) is 0 Å². The molecule has 0 heterocycles. The van der Waals surface area contributed by atoms with Crippen molar-refractivity contribution in [2.24, 2.45) is 0 Å². The Balaban J connectivity index is 0. The fourth-order valence-corrected chi connectivity index (χ4v) is 0.787. The molecule has 0 unspecified atom stereocenters. The topological polar surface area (TPSA) is 0 Å². The summed E-state index contributed by atoms with van der Waals surface area (Å²) >= 11 is 0. The molecule has 0 aromatic heterocycles. The zero-order valence-corrected chi connectivity index (χ0v) is 9.68. The maximum Gasteiger partial charge on any atom is 0.123 e. The minimum absolute atomic E-state index is 0.187. The van der Waals surface area contributed by atoms with E-state index in [-0.39, 0.29) is 5.82 Å². The molecule has 0 aliphatic carbocycles. The summed E-state index contributed by atoms with van der Waals surface area (Å²) in [7, 11) is 0. The third-order valence-corrected chi connectivity index (χ3v) is 1.29. The number of halogens is 1. The van der Waals surface area contributed by atoms with E-state index in [0.29, 0.717) is 0 Å². The third-order valence-electron chi connectivity index (χ3n) is 1.29. The highest BCUT2D eigenvalue weighted by atomic mass is 19.1. The van der Waals surface area contributed by atoms with Gasteiger partial charge in [-0.2, -0.15) is 0 Å². The summed E-state index contributed by atoms with van der Waals surface area (Å²) in [5, 5.41) is 0. The molecule has 1 aromatic rings. The highest BCUT2D eigenvalue weighted by Gasteiger charge is 1.88. The summed E-state index contributed by atoms with van der Waals surface area (Å²) in [5.74, 6) is -0.187.